The monoisotopic (exact) mass is 417 g/mol. The first-order chi connectivity index (χ1) is 14.8. The van der Waals surface area contributed by atoms with Crippen LogP contribution in [0.5, 0.6) is 5.75 Å². The molecule has 2 aromatic carbocycles. The first-order valence-corrected chi connectivity index (χ1v) is 11.9. The standard InChI is InChI=1S/C25H27N3OS/c1-2-6-20(7-3-1)29-21-12-10-19(11-13-21)18-26-24-25(14-16-30-17-15-25)28-23-9-5-4-8-22(23)27-24/h2,4-13,28H,1,3,14-18H2,(H,26,27). The Labute approximate surface area is 182 Å². The highest BCUT2D eigenvalue weighted by atomic mass is 32.2. The molecule has 2 aliphatic heterocycles. The predicted molar refractivity (Wildman–Crippen MR) is 128 cm³/mol. The zero-order chi connectivity index (χ0) is 20.2. The molecule has 154 valence electrons. The number of para-hydroxylation sites is 2. The molecular formula is C25H27N3OS. The minimum absolute atomic E-state index is 0.0809. The third-order valence-electron chi connectivity index (χ3n) is 5.89. The maximum Gasteiger partial charge on any atom is 0.127 e. The summed E-state index contributed by atoms with van der Waals surface area (Å²) in [5, 5.41) is 7.45. The summed E-state index contributed by atoms with van der Waals surface area (Å²) in [6.45, 7) is 0.657. The summed E-state index contributed by atoms with van der Waals surface area (Å²) in [6.07, 6.45) is 10.7. The van der Waals surface area contributed by atoms with Crippen LogP contribution in [-0.4, -0.2) is 22.9 Å². The second kappa shape index (κ2) is 8.60. The van der Waals surface area contributed by atoms with Gasteiger partial charge in [0.05, 0.1) is 23.5 Å². The lowest BCUT2D eigenvalue weighted by Crippen LogP contribution is -2.54. The van der Waals surface area contributed by atoms with Gasteiger partial charge in [0.1, 0.15) is 17.3 Å². The topological polar surface area (TPSA) is 45.6 Å². The van der Waals surface area contributed by atoms with Crippen molar-refractivity contribution in [2.75, 3.05) is 22.1 Å². The van der Waals surface area contributed by atoms with E-state index in [1.165, 1.54) is 11.3 Å². The smallest absolute Gasteiger partial charge is 0.127 e. The van der Waals surface area contributed by atoms with Crippen molar-refractivity contribution >= 4 is 29.0 Å². The van der Waals surface area contributed by atoms with Gasteiger partial charge in [0.2, 0.25) is 0 Å². The molecule has 0 atom stereocenters. The van der Waals surface area contributed by atoms with Gasteiger partial charge in [0, 0.05) is 0 Å². The molecule has 5 heteroatoms. The largest absolute Gasteiger partial charge is 0.458 e. The van der Waals surface area contributed by atoms with E-state index >= 15 is 0 Å². The highest BCUT2D eigenvalue weighted by Gasteiger charge is 2.40. The van der Waals surface area contributed by atoms with Crippen LogP contribution in [0.25, 0.3) is 0 Å². The first kappa shape index (κ1) is 19.3. The van der Waals surface area contributed by atoms with E-state index in [0.717, 1.165) is 60.2 Å². The van der Waals surface area contributed by atoms with Crippen molar-refractivity contribution in [3.8, 4) is 5.75 Å². The molecule has 0 bridgehead atoms. The van der Waals surface area contributed by atoms with Crippen LogP contribution in [0.1, 0.15) is 31.2 Å². The van der Waals surface area contributed by atoms with Crippen molar-refractivity contribution < 1.29 is 4.74 Å². The minimum Gasteiger partial charge on any atom is -0.458 e. The van der Waals surface area contributed by atoms with Gasteiger partial charge in [-0.3, -0.25) is 4.99 Å². The summed E-state index contributed by atoms with van der Waals surface area (Å²) in [7, 11) is 0. The van der Waals surface area contributed by atoms with Crippen LogP contribution in [0.2, 0.25) is 0 Å². The number of fused-ring (bicyclic) bond motifs is 1. The number of nitrogens with one attached hydrogen (secondary N) is 2. The Morgan fingerprint density at radius 2 is 1.77 bits per heavy atom. The van der Waals surface area contributed by atoms with Crippen LogP contribution in [0.15, 0.2) is 77.5 Å². The molecule has 0 unspecified atom stereocenters. The normalized spacial score (nSPS) is 20.8. The number of amidine groups is 1. The molecule has 1 fully saturated rings. The molecule has 0 aromatic heterocycles. The number of benzene rings is 2. The van der Waals surface area contributed by atoms with Crippen molar-refractivity contribution in [2.45, 2.75) is 37.8 Å². The molecule has 2 N–H and O–H groups in total. The molecule has 5 rings (SSSR count). The van der Waals surface area contributed by atoms with Crippen LogP contribution in [-0.2, 0) is 6.54 Å². The van der Waals surface area contributed by atoms with E-state index < -0.39 is 0 Å². The summed E-state index contributed by atoms with van der Waals surface area (Å²) in [5.41, 5.74) is 3.39. The van der Waals surface area contributed by atoms with E-state index in [2.05, 4.69) is 59.2 Å². The quantitative estimate of drug-likeness (QED) is 0.640. The molecule has 30 heavy (non-hydrogen) atoms. The van der Waals surface area contributed by atoms with Gasteiger partial charge in [-0.25, -0.2) is 0 Å². The average molecular weight is 418 g/mol. The molecule has 0 amide bonds. The van der Waals surface area contributed by atoms with Gasteiger partial charge in [-0.1, -0.05) is 30.3 Å². The number of allylic oxidation sites excluding steroid dienone is 3. The number of ether oxygens (including phenoxy) is 1. The zero-order valence-electron chi connectivity index (χ0n) is 17.1. The second-order valence-electron chi connectivity index (χ2n) is 7.99. The number of rotatable bonds is 4. The fraction of sp³-hybridized carbons (Fsp3) is 0.320. The van der Waals surface area contributed by atoms with E-state index in [1.54, 1.807) is 0 Å². The number of aliphatic imine (C=N–C) groups is 1. The highest BCUT2D eigenvalue weighted by molar-refractivity contribution is 7.99. The van der Waals surface area contributed by atoms with Crippen molar-refractivity contribution in [1.82, 2.24) is 0 Å². The SMILES string of the molecule is C1=CC(Oc2ccc(CN=C3Nc4ccccc4NC34CCSCC4)cc2)=CCC1. The summed E-state index contributed by atoms with van der Waals surface area (Å²) in [5.74, 6) is 5.19. The molecule has 1 saturated heterocycles. The Morgan fingerprint density at radius 1 is 0.967 bits per heavy atom. The highest BCUT2D eigenvalue weighted by Crippen LogP contribution is 2.38. The summed E-state index contributed by atoms with van der Waals surface area (Å²) >= 11 is 2.03. The summed E-state index contributed by atoms with van der Waals surface area (Å²) < 4.78 is 5.95. The third-order valence-corrected chi connectivity index (χ3v) is 6.88. The van der Waals surface area contributed by atoms with Gasteiger partial charge in [-0.2, -0.15) is 11.8 Å². The van der Waals surface area contributed by atoms with Gasteiger partial charge in [0.15, 0.2) is 0 Å². The van der Waals surface area contributed by atoms with Crippen molar-refractivity contribution in [3.63, 3.8) is 0 Å². The molecule has 1 spiro atoms. The number of hydrogen-bond acceptors (Lipinski definition) is 4. The lowest BCUT2D eigenvalue weighted by atomic mass is 9.87. The Balaban J connectivity index is 1.33. The van der Waals surface area contributed by atoms with Crippen molar-refractivity contribution in [3.05, 3.63) is 78.1 Å². The predicted octanol–water partition coefficient (Wildman–Crippen LogP) is 6.00. The third kappa shape index (κ3) is 4.12. The van der Waals surface area contributed by atoms with Gasteiger partial charge in [-0.15, -0.1) is 0 Å². The van der Waals surface area contributed by atoms with Gasteiger partial charge < -0.3 is 15.4 Å². The van der Waals surface area contributed by atoms with Crippen LogP contribution in [0, 0.1) is 0 Å². The van der Waals surface area contributed by atoms with E-state index in [9.17, 15) is 0 Å². The molecule has 3 aliphatic rings. The summed E-state index contributed by atoms with van der Waals surface area (Å²) in [6, 6.07) is 16.7. The Bertz CT molecular complexity index is 988. The van der Waals surface area contributed by atoms with E-state index in [0.29, 0.717) is 6.54 Å². The zero-order valence-corrected chi connectivity index (χ0v) is 17.9. The number of nitrogens with zero attached hydrogens (tertiary/aromatic N) is 1. The first-order valence-electron chi connectivity index (χ1n) is 10.7. The molecule has 4 nitrogen and oxygen atoms in total. The van der Waals surface area contributed by atoms with Crippen LogP contribution < -0.4 is 15.4 Å². The molecule has 0 saturated carbocycles. The maximum atomic E-state index is 5.95. The van der Waals surface area contributed by atoms with Gasteiger partial charge in [0.25, 0.3) is 0 Å². The lowest BCUT2D eigenvalue weighted by Gasteiger charge is -2.43. The van der Waals surface area contributed by atoms with Crippen molar-refractivity contribution in [1.29, 1.82) is 0 Å². The van der Waals surface area contributed by atoms with Crippen LogP contribution in [0.3, 0.4) is 0 Å². The van der Waals surface area contributed by atoms with Gasteiger partial charge in [-0.05, 0) is 79.2 Å². The molecule has 2 aromatic rings. The van der Waals surface area contributed by atoms with E-state index in [4.69, 9.17) is 9.73 Å². The Morgan fingerprint density at radius 3 is 2.53 bits per heavy atom. The molecule has 1 aliphatic carbocycles. The molecule has 2 heterocycles. The fourth-order valence-corrected chi connectivity index (χ4v) is 5.36. The number of thioether (sulfide) groups is 1. The van der Waals surface area contributed by atoms with Crippen LogP contribution >= 0.6 is 11.8 Å². The maximum absolute atomic E-state index is 5.95. The number of anilines is 2. The second-order valence-corrected chi connectivity index (χ2v) is 9.21. The molecular weight excluding hydrogens is 390 g/mol. The Kier molecular flexibility index (Phi) is 5.54. The van der Waals surface area contributed by atoms with Crippen molar-refractivity contribution in [2.24, 2.45) is 4.99 Å². The minimum atomic E-state index is -0.0809. The number of hydrogen-bond donors (Lipinski definition) is 2. The average Bonchev–Trinajstić information content (AvgIpc) is 2.80. The van der Waals surface area contributed by atoms with E-state index in [1.807, 2.05) is 30.0 Å². The van der Waals surface area contributed by atoms with Gasteiger partial charge >= 0.3 is 0 Å². The Hall–Kier alpha value is -2.66. The lowest BCUT2D eigenvalue weighted by molar-refractivity contribution is 0.439. The van der Waals surface area contributed by atoms with Crippen LogP contribution in [0.4, 0.5) is 11.4 Å². The van der Waals surface area contributed by atoms with E-state index in [-0.39, 0.29) is 5.54 Å². The molecule has 0 radical (unpaired) electrons. The fourth-order valence-electron chi connectivity index (χ4n) is 4.17. The summed E-state index contributed by atoms with van der Waals surface area (Å²) in [4.78, 5) is 5.05.